The summed E-state index contributed by atoms with van der Waals surface area (Å²) in [5.74, 6) is -0.417. The number of benzene rings is 2. The number of hydrogen-bond acceptors (Lipinski definition) is 3. The Labute approximate surface area is 174 Å². The number of amides is 2. The fraction of sp³-hybridized carbons (Fsp3) is 0.364. The molecule has 2 aromatic carbocycles. The van der Waals surface area contributed by atoms with E-state index >= 15 is 0 Å². The van der Waals surface area contributed by atoms with Gasteiger partial charge in [0, 0.05) is 31.9 Å². The number of hydrogen-bond donors (Lipinski definition) is 2. The number of carbonyl (C=O) groups is 1. The van der Waals surface area contributed by atoms with Crippen LogP contribution < -0.4 is 21.2 Å². The average Bonchev–Trinajstić information content (AvgIpc) is 3.32. The molecule has 4 rings (SSSR count). The van der Waals surface area contributed by atoms with Gasteiger partial charge in [0.15, 0.2) is 0 Å². The van der Waals surface area contributed by atoms with E-state index in [-0.39, 0.29) is 5.69 Å². The van der Waals surface area contributed by atoms with E-state index in [1.165, 1.54) is 12.1 Å². The van der Waals surface area contributed by atoms with Gasteiger partial charge in [-0.1, -0.05) is 6.07 Å². The minimum absolute atomic E-state index is 0.0521. The van der Waals surface area contributed by atoms with E-state index in [2.05, 4.69) is 15.5 Å². The van der Waals surface area contributed by atoms with Crippen LogP contribution in [0.3, 0.4) is 0 Å². The molecule has 0 saturated carbocycles. The molecule has 0 bridgehead atoms. The lowest BCUT2D eigenvalue weighted by atomic mass is 10.2. The first-order valence-electron chi connectivity index (χ1n) is 10.4. The lowest BCUT2D eigenvalue weighted by molar-refractivity contribution is 0.262. The Morgan fingerprint density at radius 2 is 1.67 bits per heavy atom. The van der Waals surface area contributed by atoms with Crippen LogP contribution >= 0.6 is 0 Å². The van der Waals surface area contributed by atoms with Crippen molar-refractivity contribution in [2.24, 2.45) is 0 Å². The van der Waals surface area contributed by atoms with E-state index < -0.39 is 11.8 Å². The van der Waals surface area contributed by atoms with E-state index in [0.29, 0.717) is 24.5 Å². The third kappa shape index (κ3) is 3.65. The molecule has 158 valence electrons. The number of imidazole rings is 1. The van der Waals surface area contributed by atoms with Crippen LogP contribution in [-0.4, -0.2) is 28.3 Å². The number of nitrogens with zero attached hydrogens (tertiary/aromatic N) is 3. The minimum atomic E-state index is -0.458. The molecule has 0 unspecified atom stereocenters. The first kappa shape index (κ1) is 20.0. The molecule has 0 spiro atoms. The molecule has 3 aromatic rings. The number of aromatic nitrogens is 2. The molecule has 1 aromatic heterocycles. The molecule has 1 saturated heterocycles. The van der Waals surface area contributed by atoms with E-state index in [0.717, 1.165) is 42.7 Å². The molecule has 2 N–H and O–H groups in total. The number of nitrogens with one attached hydrogen (secondary N) is 2. The van der Waals surface area contributed by atoms with Crippen molar-refractivity contribution in [1.82, 2.24) is 9.13 Å². The number of fused-ring (bicyclic) bond motifs is 1. The number of carbonyl (C=O) groups excluding carboxylic acids is 1. The van der Waals surface area contributed by atoms with E-state index in [9.17, 15) is 14.0 Å². The number of halogens is 1. The summed E-state index contributed by atoms with van der Waals surface area (Å²) in [7, 11) is 0. The van der Waals surface area contributed by atoms with Crippen LogP contribution in [0, 0.1) is 5.82 Å². The first-order valence-corrected chi connectivity index (χ1v) is 10.4. The normalized spacial score (nSPS) is 13.8. The summed E-state index contributed by atoms with van der Waals surface area (Å²) in [5, 5.41) is 5.58. The van der Waals surface area contributed by atoms with Crippen molar-refractivity contribution in [1.29, 1.82) is 0 Å². The number of aryl methyl sites for hydroxylation is 2. The third-order valence-corrected chi connectivity index (χ3v) is 5.55. The van der Waals surface area contributed by atoms with Gasteiger partial charge in [-0.15, -0.1) is 0 Å². The summed E-state index contributed by atoms with van der Waals surface area (Å²) < 4.78 is 16.9. The summed E-state index contributed by atoms with van der Waals surface area (Å²) >= 11 is 0. The van der Waals surface area contributed by atoms with Crippen molar-refractivity contribution < 1.29 is 9.18 Å². The quantitative estimate of drug-likeness (QED) is 0.660. The topological polar surface area (TPSA) is 71.3 Å². The van der Waals surface area contributed by atoms with Gasteiger partial charge in [-0.25, -0.2) is 14.0 Å². The highest BCUT2D eigenvalue weighted by molar-refractivity contribution is 6.04. The number of anilines is 3. The first-order chi connectivity index (χ1) is 14.5. The van der Waals surface area contributed by atoms with E-state index in [1.54, 1.807) is 21.3 Å². The summed E-state index contributed by atoms with van der Waals surface area (Å²) in [5.41, 5.74) is 3.50. The van der Waals surface area contributed by atoms with E-state index in [4.69, 9.17) is 0 Å². The minimum Gasteiger partial charge on any atom is -0.370 e. The lowest BCUT2D eigenvalue weighted by Gasteiger charge is -2.22. The summed E-state index contributed by atoms with van der Waals surface area (Å²) in [6.07, 6.45) is 2.17. The van der Waals surface area contributed by atoms with Crippen molar-refractivity contribution in [3.05, 3.63) is 52.7 Å². The Balaban J connectivity index is 1.75. The maximum Gasteiger partial charge on any atom is 0.329 e. The van der Waals surface area contributed by atoms with Crippen molar-refractivity contribution in [3.63, 3.8) is 0 Å². The molecule has 2 amide bonds. The molecule has 1 fully saturated rings. The van der Waals surface area contributed by atoms with Crippen LogP contribution in [0.15, 0.2) is 41.2 Å². The highest BCUT2D eigenvalue weighted by Crippen LogP contribution is 2.33. The molecular weight excluding hydrogens is 385 g/mol. The van der Waals surface area contributed by atoms with Gasteiger partial charge in [0.2, 0.25) is 0 Å². The van der Waals surface area contributed by atoms with Crippen molar-refractivity contribution in [2.75, 3.05) is 28.6 Å². The van der Waals surface area contributed by atoms with Gasteiger partial charge >= 0.3 is 11.7 Å². The molecule has 8 heteroatoms. The van der Waals surface area contributed by atoms with Gasteiger partial charge < -0.3 is 15.5 Å². The van der Waals surface area contributed by atoms with Gasteiger partial charge in [0.1, 0.15) is 5.82 Å². The Bertz CT molecular complexity index is 1140. The van der Waals surface area contributed by atoms with Crippen LogP contribution in [0.5, 0.6) is 0 Å². The maximum absolute atomic E-state index is 13.4. The fourth-order valence-electron chi connectivity index (χ4n) is 4.13. The second kappa shape index (κ2) is 8.22. The van der Waals surface area contributed by atoms with E-state index in [1.807, 2.05) is 26.0 Å². The zero-order valence-corrected chi connectivity index (χ0v) is 17.2. The van der Waals surface area contributed by atoms with Crippen molar-refractivity contribution >= 4 is 34.1 Å². The Hall–Kier alpha value is -3.29. The molecule has 0 radical (unpaired) electrons. The number of urea groups is 1. The lowest BCUT2D eigenvalue weighted by Crippen LogP contribution is -2.24. The average molecular weight is 411 g/mol. The van der Waals surface area contributed by atoms with Gasteiger partial charge in [-0.3, -0.25) is 9.13 Å². The predicted molar refractivity (Wildman–Crippen MR) is 118 cm³/mol. The van der Waals surface area contributed by atoms with Crippen LogP contribution in [0.2, 0.25) is 0 Å². The Morgan fingerprint density at radius 1 is 1.00 bits per heavy atom. The van der Waals surface area contributed by atoms with Crippen LogP contribution in [0.1, 0.15) is 26.7 Å². The summed E-state index contributed by atoms with van der Waals surface area (Å²) in [6, 6.07) is 9.16. The molecule has 7 nitrogen and oxygen atoms in total. The Morgan fingerprint density at radius 3 is 2.30 bits per heavy atom. The Kier molecular flexibility index (Phi) is 5.48. The third-order valence-electron chi connectivity index (χ3n) is 5.55. The smallest absolute Gasteiger partial charge is 0.329 e. The van der Waals surface area contributed by atoms with Crippen molar-refractivity contribution in [2.45, 2.75) is 39.8 Å². The second-order valence-electron chi connectivity index (χ2n) is 7.41. The highest BCUT2D eigenvalue weighted by atomic mass is 19.1. The van der Waals surface area contributed by atoms with Gasteiger partial charge in [0.25, 0.3) is 0 Å². The predicted octanol–water partition coefficient (Wildman–Crippen LogP) is 4.23. The number of rotatable bonds is 5. The standard InChI is InChI=1S/C22H26FN5O2/c1-3-27-19-13-17(25-21(29)24-16-9-7-8-15(23)12-16)18(26-10-5-6-11-26)14-20(19)28(4-2)22(27)30/h7-9,12-14H,3-6,10-11H2,1-2H3,(H2,24,25,29). The molecule has 1 aliphatic heterocycles. The van der Waals surface area contributed by atoms with Crippen LogP contribution in [-0.2, 0) is 13.1 Å². The van der Waals surface area contributed by atoms with Crippen LogP contribution in [0.4, 0.5) is 26.2 Å². The molecular formula is C22H26FN5O2. The van der Waals surface area contributed by atoms with Gasteiger partial charge in [0.05, 0.1) is 22.4 Å². The molecule has 0 aliphatic carbocycles. The largest absolute Gasteiger partial charge is 0.370 e. The molecule has 2 heterocycles. The molecule has 0 atom stereocenters. The summed E-state index contributed by atoms with van der Waals surface area (Å²) in [4.78, 5) is 27.6. The maximum atomic E-state index is 13.4. The SMILES string of the molecule is CCn1c(=O)n(CC)c2cc(N3CCCC3)c(NC(=O)Nc3cccc(F)c3)cc21. The molecule has 30 heavy (non-hydrogen) atoms. The zero-order valence-electron chi connectivity index (χ0n) is 17.2. The highest BCUT2D eigenvalue weighted by Gasteiger charge is 2.21. The monoisotopic (exact) mass is 411 g/mol. The zero-order chi connectivity index (χ0) is 21.3. The second-order valence-corrected chi connectivity index (χ2v) is 7.41. The van der Waals surface area contributed by atoms with Crippen molar-refractivity contribution in [3.8, 4) is 0 Å². The molecule has 1 aliphatic rings. The van der Waals surface area contributed by atoms with Gasteiger partial charge in [-0.2, -0.15) is 0 Å². The summed E-state index contributed by atoms with van der Waals surface area (Å²) in [6.45, 7) is 6.80. The van der Waals surface area contributed by atoms with Gasteiger partial charge in [-0.05, 0) is 57.0 Å². The van der Waals surface area contributed by atoms with Crippen LogP contribution in [0.25, 0.3) is 11.0 Å². The fourth-order valence-corrected chi connectivity index (χ4v) is 4.13.